The number of hydrogen-bond acceptors (Lipinski definition) is 6. The second-order valence-corrected chi connectivity index (χ2v) is 6.63. The molecule has 0 aliphatic rings. The molecular formula is C19H19N5S. The maximum atomic E-state index is 8.78. The summed E-state index contributed by atoms with van der Waals surface area (Å²) in [5, 5.41) is 18.1. The summed E-state index contributed by atoms with van der Waals surface area (Å²) in [4.78, 5) is 6.65. The summed E-state index contributed by atoms with van der Waals surface area (Å²) in [7, 11) is 0. The first-order valence-electron chi connectivity index (χ1n) is 8.21. The normalized spacial score (nSPS) is 11.1. The molecule has 0 radical (unpaired) electrons. The number of rotatable bonds is 6. The van der Waals surface area contributed by atoms with Gasteiger partial charge in [0.15, 0.2) is 0 Å². The monoisotopic (exact) mass is 349 g/mol. The summed E-state index contributed by atoms with van der Waals surface area (Å²) in [6.07, 6.45) is 0.520. The van der Waals surface area contributed by atoms with Crippen molar-refractivity contribution in [3.63, 3.8) is 0 Å². The van der Waals surface area contributed by atoms with Gasteiger partial charge < -0.3 is 4.90 Å². The molecule has 5 nitrogen and oxygen atoms in total. The average Bonchev–Trinajstić information content (AvgIpc) is 3.04. The number of thiazole rings is 1. The van der Waals surface area contributed by atoms with Crippen molar-refractivity contribution in [2.75, 3.05) is 18.0 Å². The van der Waals surface area contributed by atoms with Crippen molar-refractivity contribution in [1.82, 2.24) is 4.98 Å². The zero-order valence-corrected chi connectivity index (χ0v) is 15.1. The molecule has 25 heavy (non-hydrogen) atoms. The molecule has 0 N–H and O–H groups in total. The van der Waals surface area contributed by atoms with Crippen LogP contribution >= 0.6 is 11.3 Å². The highest BCUT2D eigenvalue weighted by atomic mass is 32.1. The van der Waals surface area contributed by atoms with Crippen molar-refractivity contribution in [2.24, 2.45) is 10.2 Å². The molecule has 0 bridgehead atoms. The van der Waals surface area contributed by atoms with Gasteiger partial charge in [0.2, 0.25) is 5.13 Å². The standard InChI is InChI=1S/C19H19N5S/c1-3-24(12-6-11-20)15-9-10-16(14(2)13-15)22-23-19-21-17-7-4-5-8-18(17)25-19/h4-5,7-10,13H,3,6,12H2,1-2H3. The third-order valence-corrected chi connectivity index (χ3v) is 4.87. The van der Waals surface area contributed by atoms with Crippen molar-refractivity contribution in [1.29, 1.82) is 5.26 Å². The van der Waals surface area contributed by atoms with Crippen LogP contribution in [0.4, 0.5) is 16.5 Å². The Labute approximate surface area is 151 Å². The Morgan fingerprint density at radius 2 is 2.04 bits per heavy atom. The number of nitrogens with zero attached hydrogens (tertiary/aromatic N) is 5. The first kappa shape index (κ1) is 17.1. The molecule has 0 aliphatic heterocycles. The highest BCUT2D eigenvalue weighted by Gasteiger charge is 2.07. The van der Waals surface area contributed by atoms with Crippen LogP contribution in [-0.4, -0.2) is 18.1 Å². The Hall–Kier alpha value is -2.78. The second kappa shape index (κ2) is 7.86. The first-order valence-corrected chi connectivity index (χ1v) is 9.02. The van der Waals surface area contributed by atoms with Crippen LogP contribution in [-0.2, 0) is 0 Å². The first-order chi connectivity index (χ1) is 12.2. The number of anilines is 1. The third-order valence-electron chi connectivity index (χ3n) is 3.95. The number of aryl methyl sites for hydroxylation is 1. The molecule has 0 saturated carbocycles. The molecule has 0 spiro atoms. The van der Waals surface area contributed by atoms with E-state index in [4.69, 9.17) is 5.26 Å². The van der Waals surface area contributed by atoms with Gasteiger partial charge >= 0.3 is 0 Å². The van der Waals surface area contributed by atoms with E-state index in [2.05, 4.69) is 39.2 Å². The van der Waals surface area contributed by atoms with Crippen LogP contribution in [0.15, 0.2) is 52.7 Å². The number of aromatic nitrogens is 1. The maximum Gasteiger partial charge on any atom is 0.231 e. The van der Waals surface area contributed by atoms with Gasteiger partial charge in [-0.1, -0.05) is 23.5 Å². The smallest absolute Gasteiger partial charge is 0.231 e. The van der Waals surface area contributed by atoms with Gasteiger partial charge in [0.05, 0.1) is 28.4 Å². The van der Waals surface area contributed by atoms with Crippen LogP contribution in [0.5, 0.6) is 0 Å². The van der Waals surface area contributed by atoms with Crippen molar-refractivity contribution in [3.05, 3.63) is 48.0 Å². The van der Waals surface area contributed by atoms with E-state index in [0.717, 1.165) is 40.2 Å². The largest absolute Gasteiger partial charge is 0.371 e. The van der Waals surface area contributed by atoms with Crippen molar-refractivity contribution < 1.29 is 0 Å². The summed E-state index contributed by atoms with van der Waals surface area (Å²) < 4.78 is 1.11. The predicted molar refractivity (Wildman–Crippen MR) is 103 cm³/mol. The number of benzene rings is 2. The molecule has 3 rings (SSSR count). The number of para-hydroxylation sites is 1. The van der Waals surface area contributed by atoms with Gasteiger partial charge in [-0.2, -0.15) is 5.26 Å². The van der Waals surface area contributed by atoms with Crippen LogP contribution in [0.1, 0.15) is 18.9 Å². The lowest BCUT2D eigenvalue weighted by atomic mass is 10.1. The van der Waals surface area contributed by atoms with Gasteiger partial charge in [0.1, 0.15) is 0 Å². The molecule has 0 unspecified atom stereocenters. The predicted octanol–water partition coefficient (Wildman–Crippen LogP) is 5.76. The fraction of sp³-hybridized carbons (Fsp3) is 0.263. The van der Waals surface area contributed by atoms with E-state index in [1.54, 1.807) is 0 Å². The molecule has 2 aromatic carbocycles. The number of nitriles is 1. The van der Waals surface area contributed by atoms with Crippen LogP contribution < -0.4 is 4.90 Å². The lowest BCUT2D eigenvalue weighted by Gasteiger charge is -2.22. The Morgan fingerprint density at radius 3 is 2.76 bits per heavy atom. The summed E-state index contributed by atoms with van der Waals surface area (Å²) >= 11 is 1.53. The fourth-order valence-corrected chi connectivity index (χ4v) is 3.39. The van der Waals surface area contributed by atoms with Crippen LogP contribution in [0.2, 0.25) is 0 Å². The number of fused-ring (bicyclic) bond motifs is 1. The Balaban J connectivity index is 1.79. The molecule has 0 saturated heterocycles. The maximum absolute atomic E-state index is 8.78. The van der Waals surface area contributed by atoms with Crippen LogP contribution in [0.3, 0.4) is 0 Å². The zero-order chi connectivity index (χ0) is 17.6. The zero-order valence-electron chi connectivity index (χ0n) is 14.3. The van der Waals surface area contributed by atoms with Crippen molar-refractivity contribution in [2.45, 2.75) is 20.3 Å². The SMILES string of the molecule is CCN(CCC#N)c1ccc(N=Nc2nc3ccccc3s2)c(C)c1. The summed E-state index contributed by atoms with van der Waals surface area (Å²) in [6, 6.07) is 16.3. The van der Waals surface area contributed by atoms with E-state index in [0.29, 0.717) is 11.6 Å². The van der Waals surface area contributed by atoms with E-state index in [1.807, 2.05) is 43.3 Å². The third kappa shape index (κ3) is 4.01. The number of hydrogen-bond donors (Lipinski definition) is 0. The lowest BCUT2D eigenvalue weighted by molar-refractivity contribution is 0.826. The van der Waals surface area contributed by atoms with Gasteiger partial charge in [-0.15, -0.1) is 10.2 Å². The van der Waals surface area contributed by atoms with E-state index >= 15 is 0 Å². The lowest BCUT2D eigenvalue weighted by Crippen LogP contribution is -2.23. The van der Waals surface area contributed by atoms with E-state index < -0.39 is 0 Å². The molecule has 0 atom stereocenters. The van der Waals surface area contributed by atoms with Crippen molar-refractivity contribution >= 4 is 38.1 Å². The quantitative estimate of drug-likeness (QED) is 0.531. The van der Waals surface area contributed by atoms with Gasteiger partial charge in [-0.05, 0) is 49.7 Å². The summed E-state index contributed by atoms with van der Waals surface area (Å²) in [5.41, 5.74) is 3.94. The Bertz CT molecular complexity index is 905. The molecule has 0 amide bonds. The van der Waals surface area contributed by atoms with E-state index in [-0.39, 0.29) is 0 Å². The topological polar surface area (TPSA) is 64.6 Å². The van der Waals surface area contributed by atoms with Crippen molar-refractivity contribution in [3.8, 4) is 6.07 Å². The molecule has 1 heterocycles. The minimum atomic E-state index is 0.520. The highest BCUT2D eigenvalue weighted by Crippen LogP contribution is 2.30. The fourth-order valence-electron chi connectivity index (χ4n) is 2.60. The summed E-state index contributed by atoms with van der Waals surface area (Å²) in [6.45, 7) is 5.72. The molecule has 1 aromatic heterocycles. The van der Waals surface area contributed by atoms with Gasteiger partial charge in [0, 0.05) is 18.8 Å². The minimum Gasteiger partial charge on any atom is -0.371 e. The second-order valence-electron chi connectivity index (χ2n) is 5.62. The Kier molecular flexibility index (Phi) is 5.36. The average molecular weight is 349 g/mol. The molecule has 0 aliphatic carbocycles. The van der Waals surface area contributed by atoms with Gasteiger partial charge in [0.25, 0.3) is 0 Å². The summed E-state index contributed by atoms with van der Waals surface area (Å²) in [5.74, 6) is 0. The Morgan fingerprint density at radius 1 is 1.20 bits per heavy atom. The molecule has 0 fully saturated rings. The number of azo groups is 1. The molecule has 3 aromatic rings. The minimum absolute atomic E-state index is 0.520. The van der Waals surface area contributed by atoms with Gasteiger partial charge in [-0.3, -0.25) is 0 Å². The highest BCUT2D eigenvalue weighted by molar-refractivity contribution is 7.21. The molecular weight excluding hydrogens is 330 g/mol. The van der Waals surface area contributed by atoms with E-state index in [1.165, 1.54) is 11.3 Å². The van der Waals surface area contributed by atoms with E-state index in [9.17, 15) is 0 Å². The van der Waals surface area contributed by atoms with Gasteiger partial charge in [-0.25, -0.2) is 4.98 Å². The van der Waals surface area contributed by atoms with Crippen LogP contribution in [0, 0.1) is 18.3 Å². The van der Waals surface area contributed by atoms with Crippen LogP contribution in [0.25, 0.3) is 10.2 Å². The molecule has 6 heteroatoms. The molecule has 126 valence electrons.